The summed E-state index contributed by atoms with van der Waals surface area (Å²) in [5, 5.41) is 5.66. The molecule has 0 spiro atoms. The molecule has 1 saturated carbocycles. The van der Waals surface area contributed by atoms with Gasteiger partial charge >= 0.3 is 0 Å². The van der Waals surface area contributed by atoms with Crippen LogP contribution in [0.1, 0.15) is 38.2 Å². The van der Waals surface area contributed by atoms with E-state index in [1.807, 2.05) is 56.7 Å². The summed E-state index contributed by atoms with van der Waals surface area (Å²) >= 11 is 0. The van der Waals surface area contributed by atoms with E-state index in [0.29, 0.717) is 5.92 Å². The lowest BCUT2D eigenvalue weighted by molar-refractivity contribution is 0.586. The van der Waals surface area contributed by atoms with Gasteiger partial charge in [0.2, 0.25) is 0 Å². The molecule has 7 rings (SSSR count). The van der Waals surface area contributed by atoms with Crippen molar-refractivity contribution in [1.29, 1.82) is 0 Å². The van der Waals surface area contributed by atoms with Crippen LogP contribution in [0.3, 0.4) is 0 Å². The minimum Gasteiger partial charge on any atom is -0.353 e. The minimum atomic E-state index is 0.582. The maximum atomic E-state index is 5.22. The van der Waals surface area contributed by atoms with E-state index in [4.69, 9.17) is 9.97 Å². The van der Waals surface area contributed by atoms with E-state index in [9.17, 15) is 0 Å². The summed E-state index contributed by atoms with van der Waals surface area (Å²) in [6.07, 6.45) is 8.20. The van der Waals surface area contributed by atoms with Gasteiger partial charge in [-0.05, 0) is 42.0 Å². The van der Waals surface area contributed by atoms with Crippen molar-refractivity contribution in [2.75, 3.05) is 31.1 Å². The molecule has 0 unspecified atom stereocenters. The van der Waals surface area contributed by atoms with Crippen LogP contribution in [0.5, 0.6) is 0 Å². The fourth-order valence-corrected chi connectivity index (χ4v) is 5.01. The molecule has 2 aliphatic rings. The van der Waals surface area contributed by atoms with Crippen molar-refractivity contribution in [1.82, 2.24) is 30.2 Å². The first kappa shape index (κ1) is 22.6. The van der Waals surface area contributed by atoms with Crippen LogP contribution < -0.4 is 10.2 Å². The molecule has 7 heteroatoms. The van der Waals surface area contributed by atoms with E-state index < -0.39 is 0 Å². The van der Waals surface area contributed by atoms with E-state index >= 15 is 0 Å². The molecule has 7 nitrogen and oxygen atoms in total. The van der Waals surface area contributed by atoms with Crippen LogP contribution in [-0.2, 0) is 0 Å². The fraction of sp³-hybridized carbons (Fsp3) is 0.310. The van der Waals surface area contributed by atoms with Gasteiger partial charge in [-0.25, -0.2) is 15.0 Å². The fourth-order valence-electron chi connectivity index (χ4n) is 5.01. The lowest BCUT2D eigenvalue weighted by atomic mass is 10.1. The van der Waals surface area contributed by atoms with E-state index in [2.05, 4.69) is 43.4 Å². The number of aromatic amines is 1. The molecule has 0 atom stereocenters. The van der Waals surface area contributed by atoms with Crippen molar-refractivity contribution in [3.8, 4) is 22.6 Å². The molecule has 0 radical (unpaired) electrons. The molecule has 1 aromatic carbocycles. The zero-order valence-corrected chi connectivity index (χ0v) is 20.8. The zero-order chi connectivity index (χ0) is 24.5. The monoisotopic (exact) mass is 477 g/mol. The summed E-state index contributed by atoms with van der Waals surface area (Å²) in [6, 6.07) is 14.5. The largest absolute Gasteiger partial charge is 0.353 e. The van der Waals surface area contributed by atoms with Crippen LogP contribution in [0.4, 0.5) is 5.82 Å². The molecule has 1 aliphatic carbocycles. The van der Waals surface area contributed by atoms with Gasteiger partial charge in [0.1, 0.15) is 11.5 Å². The van der Waals surface area contributed by atoms with Crippen LogP contribution in [-0.4, -0.2) is 51.1 Å². The Morgan fingerprint density at radius 2 is 1.75 bits per heavy atom. The smallest absolute Gasteiger partial charge is 0.163 e. The Labute approximate surface area is 211 Å². The molecular formula is C29H31N7. The SMILES string of the molecule is CC.c1ccc(-c2cc3c(-c4nc(N5CCNCC5)c5c(C6CC6)cncc5n4)ccnc3[nH]2)cc1. The predicted octanol–water partition coefficient (Wildman–Crippen LogP) is 5.55. The highest BCUT2D eigenvalue weighted by Gasteiger charge is 2.29. The van der Waals surface area contributed by atoms with Crippen LogP contribution in [0.15, 0.2) is 61.1 Å². The first-order chi connectivity index (χ1) is 17.8. The minimum absolute atomic E-state index is 0.582. The Morgan fingerprint density at radius 1 is 0.944 bits per heavy atom. The van der Waals surface area contributed by atoms with Crippen LogP contribution in [0.25, 0.3) is 44.6 Å². The first-order valence-corrected chi connectivity index (χ1v) is 13.0. The number of nitrogens with one attached hydrogen (secondary N) is 2. The van der Waals surface area contributed by atoms with Crippen molar-refractivity contribution in [2.24, 2.45) is 0 Å². The van der Waals surface area contributed by atoms with E-state index in [-0.39, 0.29) is 0 Å². The number of benzene rings is 1. The second kappa shape index (κ2) is 9.66. The van der Waals surface area contributed by atoms with Gasteiger partial charge in [0.05, 0.1) is 11.7 Å². The van der Waals surface area contributed by atoms with Gasteiger partial charge < -0.3 is 15.2 Å². The molecule has 0 amide bonds. The van der Waals surface area contributed by atoms with Crippen LogP contribution >= 0.6 is 0 Å². The van der Waals surface area contributed by atoms with Gasteiger partial charge in [-0.3, -0.25) is 4.98 Å². The average molecular weight is 478 g/mol. The highest BCUT2D eigenvalue weighted by atomic mass is 15.2. The lowest BCUT2D eigenvalue weighted by Crippen LogP contribution is -2.44. The van der Waals surface area contributed by atoms with Crippen molar-refractivity contribution < 1.29 is 0 Å². The molecule has 1 saturated heterocycles. The van der Waals surface area contributed by atoms with Crippen molar-refractivity contribution in [3.63, 3.8) is 0 Å². The number of H-pyrrole nitrogens is 1. The van der Waals surface area contributed by atoms with Gasteiger partial charge in [0.15, 0.2) is 5.82 Å². The molecule has 5 aromatic rings. The van der Waals surface area contributed by atoms with Gasteiger partial charge in [-0.2, -0.15) is 0 Å². The molecule has 2 fully saturated rings. The van der Waals surface area contributed by atoms with Gasteiger partial charge in [0, 0.05) is 60.6 Å². The Hall–Kier alpha value is -3.84. The molecular weight excluding hydrogens is 446 g/mol. The van der Waals surface area contributed by atoms with Gasteiger partial charge in [-0.15, -0.1) is 0 Å². The number of piperazine rings is 1. The number of pyridine rings is 2. The lowest BCUT2D eigenvalue weighted by Gasteiger charge is -2.30. The number of hydrogen-bond acceptors (Lipinski definition) is 6. The Morgan fingerprint density at radius 3 is 2.53 bits per heavy atom. The van der Waals surface area contributed by atoms with E-state index in [1.54, 1.807) is 0 Å². The Balaban J connectivity index is 0.00000117. The summed E-state index contributed by atoms with van der Waals surface area (Å²) in [7, 11) is 0. The molecule has 36 heavy (non-hydrogen) atoms. The average Bonchev–Trinajstić information content (AvgIpc) is 3.71. The molecule has 4 aromatic heterocycles. The summed E-state index contributed by atoms with van der Waals surface area (Å²) in [5.74, 6) is 2.34. The van der Waals surface area contributed by atoms with Crippen molar-refractivity contribution >= 4 is 27.8 Å². The van der Waals surface area contributed by atoms with Crippen molar-refractivity contribution in [2.45, 2.75) is 32.6 Å². The molecule has 0 bridgehead atoms. The number of hydrogen-bond donors (Lipinski definition) is 2. The molecule has 2 N–H and O–H groups in total. The zero-order valence-electron chi connectivity index (χ0n) is 20.8. The normalized spacial score (nSPS) is 15.7. The number of aromatic nitrogens is 5. The van der Waals surface area contributed by atoms with Gasteiger partial charge in [-0.1, -0.05) is 44.2 Å². The molecule has 1 aliphatic heterocycles. The van der Waals surface area contributed by atoms with Crippen molar-refractivity contribution in [3.05, 3.63) is 66.6 Å². The molecule has 182 valence electrons. The number of anilines is 1. The quantitative estimate of drug-likeness (QED) is 0.353. The van der Waals surface area contributed by atoms with Gasteiger partial charge in [0.25, 0.3) is 0 Å². The highest BCUT2D eigenvalue weighted by Crippen LogP contribution is 2.45. The maximum Gasteiger partial charge on any atom is 0.163 e. The standard InChI is InChI=1S/C27H25N7.C2H6/c1-2-4-18(5-3-1)22-14-20-19(8-9-30-25(20)31-22)26-32-23-16-29-15-21(17-6-7-17)24(23)27(33-26)34-12-10-28-11-13-34;1-2/h1-5,8-9,14-17,28H,6-7,10-13H2,(H,30,31);1-2H3. The third-order valence-corrected chi connectivity index (χ3v) is 6.91. The Kier molecular flexibility index (Phi) is 6.07. The number of fused-ring (bicyclic) bond motifs is 2. The summed E-state index contributed by atoms with van der Waals surface area (Å²) < 4.78 is 0. The second-order valence-electron chi connectivity index (χ2n) is 9.17. The molecule has 5 heterocycles. The third kappa shape index (κ3) is 4.09. The number of nitrogens with zero attached hydrogens (tertiary/aromatic N) is 5. The predicted molar refractivity (Wildman–Crippen MR) is 146 cm³/mol. The van der Waals surface area contributed by atoms with Crippen LogP contribution in [0, 0.1) is 0 Å². The van der Waals surface area contributed by atoms with Crippen LogP contribution in [0.2, 0.25) is 0 Å². The topological polar surface area (TPSA) is 82.6 Å². The number of rotatable bonds is 4. The Bertz CT molecular complexity index is 1500. The first-order valence-electron chi connectivity index (χ1n) is 13.0. The second-order valence-corrected chi connectivity index (χ2v) is 9.17. The summed E-state index contributed by atoms with van der Waals surface area (Å²) in [5.41, 5.74) is 6.21. The third-order valence-electron chi connectivity index (χ3n) is 6.91. The highest BCUT2D eigenvalue weighted by molar-refractivity contribution is 5.98. The van der Waals surface area contributed by atoms with E-state index in [0.717, 1.165) is 71.2 Å². The maximum absolute atomic E-state index is 5.22. The summed E-state index contributed by atoms with van der Waals surface area (Å²) in [6.45, 7) is 7.79. The van der Waals surface area contributed by atoms with E-state index in [1.165, 1.54) is 23.8 Å². The summed E-state index contributed by atoms with van der Waals surface area (Å²) in [4.78, 5) is 25.3.